The summed E-state index contributed by atoms with van der Waals surface area (Å²) in [5, 5.41) is 14.2. The fourth-order valence-electron chi connectivity index (χ4n) is 2.94. The van der Waals surface area contributed by atoms with Crippen molar-refractivity contribution in [3.63, 3.8) is 0 Å². The van der Waals surface area contributed by atoms with Crippen molar-refractivity contribution in [1.82, 2.24) is 5.32 Å². The van der Waals surface area contributed by atoms with Crippen molar-refractivity contribution < 1.29 is 14.7 Å². The van der Waals surface area contributed by atoms with E-state index in [4.69, 9.17) is 0 Å². The molecule has 0 fully saturated rings. The van der Waals surface area contributed by atoms with Crippen LogP contribution in [0.2, 0.25) is 0 Å². The molecule has 0 bridgehead atoms. The molecule has 2 N–H and O–H groups in total. The highest BCUT2D eigenvalue weighted by Gasteiger charge is 2.20. The van der Waals surface area contributed by atoms with Gasteiger partial charge in [-0.3, -0.25) is 4.79 Å². The zero-order valence-electron chi connectivity index (χ0n) is 14.6. The molecule has 26 heavy (non-hydrogen) atoms. The number of benzene rings is 3. The van der Waals surface area contributed by atoms with E-state index in [1.54, 1.807) is 0 Å². The van der Waals surface area contributed by atoms with Gasteiger partial charge in [0.1, 0.15) is 6.04 Å². The van der Waals surface area contributed by atoms with Gasteiger partial charge < -0.3 is 10.4 Å². The van der Waals surface area contributed by atoms with Gasteiger partial charge in [-0.1, -0.05) is 72.3 Å². The van der Waals surface area contributed by atoms with E-state index in [0.29, 0.717) is 0 Å². The van der Waals surface area contributed by atoms with Gasteiger partial charge in [-0.2, -0.15) is 0 Å². The third kappa shape index (κ3) is 4.48. The Morgan fingerprint density at radius 2 is 1.58 bits per heavy atom. The van der Waals surface area contributed by atoms with Gasteiger partial charge in [0.25, 0.3) is 0 Å². The molecule has 0 radical (unpaired) electrons. The average molecular weight is 347 g/mol. The summed E-state index contributed by atoms with van der Waals surface area (Å²) >= 11 is 0. The van der Waals surface area contributed by atoms with E-state index >= 15 is 0 Å². The Kier molecular flexibility index (Phi) is 5.32. The number of aliphatic carboxylic acids is 1. The summed E-state index contributed by atoms with van der Waals surface area (Å²) in [5.41, 5.74) is 2.86. The monoisotopic (exact) mass is 347 g/mol. The van der Waals surface area contributed by atoms with Crippen molar-refractivity contribution in [3.05, 3.63) is 83.4 Å². The lowest BCUT2D eigenvalue weighted by atomic mass is 10.0. The molecule has 0 aromatic heterocycles. The Labute approximate surface area is 152 Å². The molecule has 132 valence electrons. The predicted molar refractivity (Wildman–Crippen MR) is 102 cm³/mol. The third-order valence-electron chi connectivity index (χ3n) is 4.37. The lowest BCUT2D eigenvalue weighted by Crippen LogP contribution is -2.43. The van der Waals surface area contributed by atoms with Crippen LogP contribution in [0, 0.1) is 6.92 Å². The van der Waals surface area contributed by atoms with Gasteiger partial charge in [0.2, 0.25) is 5.91 Å². The standard InChI is InChI=1S/C22H21NO3/c1-15-6-8-16(9-7-15)13-20(22(25)26)23-21(24)14-17-10-11-18-4-2-3-5-19(18)12-17/h2-12,20H,13-14H2,1H3,(H,23,24)(H,25,26)/t20-/m0/s1. The highest BCUT2D eigenvalue weighted by molar-refractivity contribution is 5.87. The van der Waals surface area contributed by atoms with E-state index in [1.165, 1.54) is 0 Å². The molecule has 3 rings (SSSR count). The van der Waals surface area contributed by atoms with Crippen LogP contribution in [0.4, 0.5) is 0 Å². The van der Waals surface area contributed by atoms with Crippen LogP contribution in [0.25, 0.3) is 10.8 Å². The molecule has 0 unspecified atom stereocenters. The Morgan fingerprint density at radius 1 is 0.923 bits per heavy atom. The third-order valence-corrected chi connectivity index (χ3v) is 4.37. The summed E-state index contributed by atoms with van der Waals surface area (Å²) in [6, 6.07) is 20.5. The number of nitrogens with one attached hydrogen (secondary N) is 1. The van der Waals surface area contributed by atoms with Crippen LogP contribution in [0.1, 0.15) is 16.7 Å². The summed E-state index contributed by atoms with van der Waals surface area (Å²) in [6.07, 6.45) is 0.418. The maximum Gasteiger partial charge on any atom is 0.326 e. The van der Waals surface area contributed by atoms with Gasteiger partial charge in [0.15, 0.2) is 0 Å². The smallest absolute Gasteiger partial charge is 0.326 e. The van der Waals surface area contributed by atoms with Crippen molar-refractivity contribution >= 4 is 22.6 Å². The van der Waals surface area contributed by atoms with Crippen LogP contribution in [-0.4, -0.2) is 23.0 Å². The van der Waals surface area contributed by atoms with Crippen molar-refractivity contribution in [2.24, 2.45) is 0 Å². The quantitative estimate of drug-likeness (QED) is 0.717. The number of carboxylic acids is 1. The molecule has 0 heterocycles. The fraction of sp³-hybridized carbons (Fsp3) is 0.182. The summed E-state index contributed by atoms with van der Waals surface area (Å²) in [7, 11) is 0. The second kappa shape index (κ2) is 7.83. The molecule has 0 aliphatic rings. The van der Waals surface area contributed by atoms with E-state index in [-0.39, 0.29) is 18.7 Å². The Morgan fingerprint density at radius 3 is 2.27 bits per heavy atom. The molecule has 0 aliphatic carbocycles. The van der Waals surface area contributed by atoms with Crippen LogP contribution in [0.15, 0.2) is 66.7 Å². The van der Waals surface area contributed by atoms with Gasteiger partial charge in [0.05, 0.1) is 6.42 Å². The van der Waals surface area contributed by atoms with E-state index < -0.39 is 12.0 Å². The van der Waals surface area contributed by atoms with Crippen LogP contribution >= 0.6 is 0 Å². The number of carbonyl (C=O) groups is 2. The largest absolute Gasteiger partial charge is 0.480 e. The Bertz CT molecular complexity index is 932. The number of fused-ring (bicyclic) bond motifs is 1. The summed E-state index contributed by atoms with van der Waals surface area (Å²) < 4.78 is 0. The minimum absolute atomic E-state index is 0.155. The predicted octanol–water partition coefficient (Wildman–Crippen LogP) is 3.50. The number of aryl methyl sites for hydroxylation is 1. The number of carboxylic acid groups (broad SMARTS) is 1. The maximum atomic E-state index is 12.3. The second-order valence-electron chi connectivity index (χ2n) is 6.51. The Balaban J connectivity index is 1.67. The molecule has 0 saturated heterocycles. The van der Waals surface area contributed by atoms with Gasteiger partial charge in [0, 0.05) is 6.42 Å². The number of amides is 1. The van der Waals surface area contributed by atoms with Crippen LogP contribution < -0.4 is 5.32 Å². The van der Waals surface area contributed by atoms with Crippen molar-refractivity contribution in [1.29, 1.82) is 0 Å². The lowest BCUT2D eigenvalue weighted by Gasteiger charge is -2.15. The zero-order valence-corrected chi connectivity index (χ0v) is 14.6. The van der Waals surface area contributed by atoms with E-state index in [9.17, 15) is 14.7 Å². The minimum Gasteiger partial charge on any atom is -0.480 e. The van der Waals surface area contributed by atoms with Gasteiger partial charge >= 0.3 is 5.97 Å². The molecule has 1 atom stereocenters. The van der Waals surface area contributed by atoms with Crippen LogP contribution in [-0.2, 0) is 22.4 Å². The van der Waals surface area contributed by atoms with Crippen LogP contribution in [0.3, 0.4) is 0 Å². The highest BCUT2D eigenvalue weighted by atomic mass is 16.4. The average Bonchev–Trinajstić information content (AvgIpc) is 2.62. The molecule has 0 saturated carbocycles. The summed E-state index contributed by atoms with van der Waals surface area (Å²) in [6.45, 7) is 1.98. The van der Waals surface area contributed by atoms with Gasteiger partial charge in [-0.25, -0.2) is 4.79 Å². The highest BCUT2D eigenvalue weighted by Crippen LogP contribution is 2.16. The topological polar surface area (TPSA) is 66.4 Å². The molecule has 3 aromatic carbocycles. The van der Waals surface area contributed by atoms with Gasteiger partial charge in [-0.05, 0) is 28.8 Å². The van der Waals surface area contributed by atoms with E-state index in [1.807, 2.05) is 73.7 Å². The Hall–Kier alpha value is -3.14. The molecule has 0 spiro atoms. The van der Waals surface area contributed by atoms with Crippen LogP contribution in [0.5, 0.6) is 0 Å². The number of carbonyl (C=O) groups excluding carboxylic acids is 1. The van der Waals surface area contributed by atoms with E-state index in [2.05, 4.69) is 5.32 Å². The van der Waals surface area contributed by atoms with E-state index in [0.717, 1.165) is 27.5 Å². The molecular formula is C22H21NO3. The zero-order chi connectivity index (χ0) is 18.5. The fourth-order valence-corrected chi connectivity index (χ4v) is 2.94. The second-order valence-corrected chi connectivity index (χ2v) is 6.51. The minimum atomic E-state index is -1.03. The molecule has 4 heteroatoms. The number of hydrogen-bond donors (Lipinski definition) is 2. The van der Waals surface area contributed by atoms with Gasteiger partial charge in [-0.15, -0.1) is 0 Å². The number of hydrogen-bond acceptors (Lipinski definition) is 2. The molecular weight excluding hydrogens is 326 g/mol. The first kappa shape index (κ1) is 17.7. The lowest BCUT2D eigenvalue weighted by molar-refractivity contribution is -0.141. The molecule has 3 aromatic rings. The summed E-state index contributed by atoms with van der Waals surface area (Å²) in [5.74, 6) is -1.32. The van der Waals surface area contributed by atoms with Crippen molar-refractivity contribution in [2.45, 2.75) is 25.8 Å². The normalized spacial score (nSPS) is 11.9. The first-order valence-electron chi connectivity index (χ1n) is 8.56. The first-order chi connectivity index (χ1) is 12.5. The summed E-state index contributed by atoms with van der Waals surface area (Å²) in [4.78, 5) is 23.9. The first-order valence-corrected chi connectivity index (χ1v) is 8.56. The number of rotatable bonds is 6. The molecule has 4 nitrogen and oxygen atoms in total. The molecule has 1 amide bonds. The maximum absolute atomic E-state index is 12.3. The SMILES string of the molecule is Cc1ccc(C[C@H](NC(=O)Cc2ccc3ccccc3c2)C(=O)O)cc1. The van der Waals surface area contributed by atoms with Crippen molar-refractivity contribution in [2.75, 3.05) is 0 Å². The van der Waals surface area contributed by atoms with Crippen molar-refractivity contribution in [3.8, 4) is 0 Å². The molecule has 0 aliphatic heterocycles.